The molecule has 0 aliphatic carbocycles. The van der Waals surface area contributed by atoms with Gasteiger partial charge in [-0.25, -0.2) is 0 Å². The van der Waals surface area contributed by atoms with Gasteiger partial charge in [0.25, 0.3) is 0 Å². The number of amides is 1. The van der Waals surface area contributed by atoms with Crippen molar-refractivity contribution in [2.45, 2.75) is 38.6 Å². The van der Waals surface area contributed by atoms with Gasteiger partial charge < -0.3 is 20.5 Å². The molecule has 0 spiro atoms. The minimum atomic E-state index is 0.0909. The second kappa shape index (κ2) is 7.88. The van der Waals surface area contributed by atoms with Crippen LogP contribution in [0.5, 0.6) is 11.5 Å². The average molecular weight is 292 g/mol. The summed E-state index contributed by atoms with van der Waals surface area (Å²) in [5, 5.41) is 2.93. The maximum absolute atomic E-state index is 11.7. The van der Waals surface area contributed by atoms with Crippen molar-refractivity contribution >= 4 is 5.91 Å². The van der Waals surface area contributed by atoms with Gasteiger partial charge in [0.05, 0.1) is 0 Å². The number of benzene rings is 1. The fourth-order valence-electron chi connectivity index (χ4n) is 2.26. The quantitative estimate of drug-likeness (QED) is 0.801. The molecule has 1 amide bonds. The van der Waals surface area contributed by atoms with Crippen LogP contribution >= 0.6 is 0 Å². The Morgan fingerprint density at radius 1 is 1.33 bits per heavy atom. The van der Waals surface area contributed by atoms with Crippen molar-refractivity contribution < 1.29 is 14.3 Å². The monoisotopic (exact) mass is 292 g/mol. The van der Waals surface area contributed by atoms with Crippen LogP contribution in [0.3, 0.4) is 0 Å². The number of hydrogen-bond acceptors (Lipinski definition) is 4. The minimum absolute atomic E-state index is 0.0909. The zero-order chi connectivity index (χ0) is 15.1. The van der Waals surface area contributed by atoms with Crippen LogP contribution in [0, 0.1) is 0 Å². The molecule has 0 saturated carbocycles. The van der Waals surface area contributed by atoms with Crippen LogP contribution in [0.15, 0.2) is 18.2 Å². The molecule has 1 atom stereocenters. The Morgan fingerprint density at radius 3 is 2.86 bits per heavy atom. The fraction of sp³-hybridized carbons (Fsp3) is 0.562. The summed E-state index contributed by atoms with van der Waals surface area (Å²) in [7, 11) is 0. The Morgan fingerprint density at radius 2 is 2.10 bits per heavy atom. The van der Waals surface area contributed by atoms with Crippen molar-refractivity contribution in [3.05, 3.63) is 23.8 Å². The highest BCUT2D eigenvalue weighted by Crippen LogP contribution is 2.30. The van der Waals surface area contributed by atoms with Gasteiger partial charge in [-0.3, -0.25) is 4.79 Å². The van der Waals surface area contributed by atoms with Crippen LogP contribution in [-0.2, 0) is 11.2 Å². The van der Waals surface area contributed by atoms with Gasteiger partial charge in [-0.2, -0.15) is 0 Å². The number of nitrogens with two attached hydrogens (primary N) is 1. The molecule has 3 N–H and O–H groups in total. The molecule has 1 aromatic carbocycles. The lowest BCUT2D eigenvalue weighted by atomic mass is 10.1. The van der Waals surface area contributed by atoms with Gasteiger partial charge in [0.1, 0.15) is 13.2 Å². The lowest BCUT2D eigenvalue weighted by Gasteiger charge is -2.18. The molecule has 0 fully saturated rings. The standard InChI is InChI=1S/C16H24N2O3/c1-12(17)3-2-4-16(19)18-8-7-13-5-6-14-15(11-13)21-10-9-20-14/h5-6,11-12H,2-4,7-10,17H2,1H3,(H,18,19). The Labute approximate surface area is 125 Å². The second-order valence-corrected chi connectivity index (χ2v) is 5.45. The summed E-state index contributed by atoms with van der Waals surface area (Å²) in [4.78, 5) is 11.7. The minimum Gasteiger partial charge on any atom is -0.486 e. The number of nitrogens with one attached hydrogen (secondary N) is 1. The summed E-state index contributed by atoms with van der Waals surface area (Å²) >= 11 is 0. The molecule has 5 heteroatoms. The van der Waals surface area contributed by atoms with E-state index in [0.717, 1.165) is 36.3 Å². The highest BCUT2D eigenvalue weighted by molar-refractivity contribution is 5.75. The summed E-state index contributed by atoms with van der Waals surface area (Å²) in [6.45, 7) is 3.78. The molecule has 0 bridgehead atoms. The Hall–Kier alpha value is -1.75. The van der Waals surface area contributed by atoms with E-state index in [9.17, 15) is 4.79 Å². The van der Waals surface area contributed by atoms with Crippen LogP contribution in [0.1, 0.15) is 31.7 Å². The lowest BCUT2D eigenvalue weighted by molar-refractivity contribution is -0.121. The van der Waals surface area contributed by atoms with Gasteiger partial charge in [0, 0.05) is 19.0 Å². The first-order chi connectivity index (χ1) is 10.1. The van der Waals surface area contributed by atoms with Crippen LogP contribution in [0.25, 0.3) is 0 Å². The van der Waals surface area contributed by atoms with Crippen LogP contribution in [-0.4, -0.2) is 31.7 Å². The lowest BCUT2D eigenvalue weighted by Crippen LogP contribution is -2.26. The van der Waals surface area contributed by atoms with E-state index in [2.05, 4.69) is 5.32 Å². The summed E-state index contributed by atoms with van der Waals surface area (Å²) < 4.78 is 11.0. The van der Waals surface area contributed by atoms with Crippen molar-refractivity contribution in [2.24, 2.45) is 5.73 Å². The molecule has 1 aromatic rings. The Kier molecular flexibility index (Phi) is 5.87. The van der Waals surface area contributed by atoms with Gasteiger partial charge in [-0.05, 0) is 43.9 Å². The molecule has 21 heavy (non-hydrogen) atoms. The molecular weight excluding hydrogens is 268 g/mol. The van der Waals surface area contributed by atoms with E-state index < -0.39 is 0 Å². The first-order valence-electron chi connectivity index (χ1n) is 7.56. The number of carbonyl (C=O) groups excluding carboxylic acids is 1. The van der Waals surface area contributed by atoms with Crippen molar-refractivity contribution in [2.75, 3.05) is 19.8 Å². The summed E-state index contributed by atoms with van der Waals surface area (Å²) in [6.07, 6.45) is 3.06. The largest absolute Gasteiger partial charge is 0.486 e. The van der Waals surface area contributed by atoms with Crippen LogP contribution in [0.4, 0.5) is 0 Å². The number of rotatable bonds is 7. The number of carbonyl (C=O) groups is 1. The van der Waals surface area contributed by atoms with E-state index in [1.165, 1.54) is 0 Å². The van der Waals surface area contributed by atoms with Crippen molar-refractivity contribution in [1.82, 2.24) is 5.32 Å². The fourth-order valence-corrected chi connectivity index (χ4v) is 2.26. The van der Waals surface area contributed by atoms with Crippen molar-refractivity contribution in [1.29, 1.82) is 0 Å². The zero-order valence-corrected chi connectivity index (χ0v) is 12.6. The van der Waals surface area contributed by atoms with Crippen LogP contribution in [0.2, 0.25) is 0 Å². The average Bonchev–Trinajstić information content (AvgIpc) is 2.47. The molecule has 1 aliphatic rings. The molecule has 1 aliphatic heterocycles. The number of fused-ring (bicyclic) bond motifs is 1. The van der Waals surface area contributed by atoms with Gasteiger partial charge in [0.15, 0.2) is 11.5 Å². The summed E-state index contributed by atoms with van der Waals surface area (Å²) in [6, 6.07) is 6.08. The highest BCUT2D eigenvalue weighted by Gasteiger charge is 2.11. The topological polar surface area (TPSA) is 73.6 Å². The number of hydrogen-bond donors (Lipinski definition) is 2. The maximum Gasteiger partial charge on any atom is 0.220 e. The molecule has 0 aromatic heterocycles. The van der Waals surface area contributed by atoms with Crippen molar-refractivity contribution in [3.63, 3.8) is 0 Å². The maximum atomic E-state index is 11.7. The normalized spacial score (nSPS) is 14.6. The SMILES string of the molecule is CC(N)CCCC(=O)NCCc1ccc2c(c1)OCCO2. The van der Waals surface area contributed by atoms with Gasteiger partial charge in [-0.15, -0.1) is 0 Å². The predicted molar refractivity (Wildman–Crippen MR) is 81.6 cm³/mol. The van der Waals surface area contributed by atoms with Crippen molar-refractivity contribution in [3.8, 4) is 11.5 Å². The third kappa shape index (κ3) is 5.27. The number of ether oxygens (including phenoxy) is 2. The first kappa shape index (κ1) is 15.6. The molecule has 1 unspecified atom stereocenters. The summed E-state index contributed by atoms with van der Waals surface area (Å²) in [5.74, 6) is 1.68. The molecule has 5 nitrogen and oxygen atoms in total. The van der Waals surface area contributed by atoms with Crippen LogP contribution < -0.4 is 20.5 Å². The van der Waals surface area contributed by atoms with Gasteiger partial charge in [0.2, 0.25) is 5.91 Å². The van der Waals surface area contributed by atoms with Gasteiger partial charge in [-0.1, -0.05) is 6.07 Å². The highest BCUT2D eigenvalue weighted by atomic mass is 16.6. The predicted octanol–water partition coefficient (Wildman–Crippen LogP) is 1.63. The van der Waals surface area contributed by atoms with E-state index in [1.807, 2.05) is 25.1 Å². The summed E-state index contributed by atoms with van der Waals surface area (Å²) in [5.41, 5.74) is 6.79. The van der Waals surface area contributed by atoms with E-state index >= 15 is 0 Å². The van der Waals surface area contributed by atoms with E-state index in [0.29, 0.717) is 26.2 Å². The molecule has 2 rings (SSSR count). The van der Waals surface area contributed by atoms with E-state index in [1.54, 1.807) is 0 Å². The van der Waals surface area contributed by atoms with E-state index in [-0.39, 0.29) is 11.9 Å². The first-order valence-corrected chi connectivity index (χ1v) is 7.56. The molecule has 0 saturated heterocycles. The molecule has 0 radical (unpaired) electrons. The third-order valence-electron chi connectivity index (χ3n) is 3.41. The second-order valence-electron chi connectivity index (χ2n) is 5.45. The van der Waals surface area contributed by atoms with Gasteiger partial charge >= 0.3 is 0 Å². The zero-order valence-electron chi connectivity index (χ0n) is 12.6. The molecule has 116 valence electrons. The molecule has 1 heterocycles. The smallest absolute Gasteiger partial charge is 0.220 e. The van der Waals surface area contributed by atoms with E-state index in [4.69, 9.17) is 15.2 Å². The third-order valence-corrected chi connectivity index (χ3v) is 3.41. The molecular formula is C16H24N2O3. The Bertz CT molecular complexity index is 475. The Balaban J connectivity index is 1.70.